The molecule has 49 heavy (non-hydrogen) atoms. The van der Waals surface area contributed by atoms with E-state index in [1.54, 1.807) is 11.3 Å². The number of fused-ring (bicyclic) bond motifs is 5. The number of carbonyl (C=O) groups is 2. The molecular formula is C37H39ClN6O4S. The predicted octanol–water partition coefficient (Wildman–Crippen LogP) is 8.37. The second-order valence-electron chi connectivity index (χ2n) is 13.7. The van der Waals surface area contributed by atoms with Gasteiger partial charge in [0, 0.05) is 40.2 Å². The van der Waals surface area contributed by atoms with Crippen LogP contribution in [0.15, 0.2) is 48.8 Å². The van der Waals surface area contributed by atoms with Gasteiger partial charge in [0.25, 0.3) is 0 Å². The maximum Gasteiger partial charge on any atom is 0.407 e. The second-order valence-corrected chi connectivity index (χ2v) is 15.2. The molecule has 2 aromatic carbocycles. The smallest absolute Gasteiger partial charge is 0.407 e. The van der Waals surface area contributed by atoms with Gasteiger partial charge in [-0.25, -0.2) is 14.8 Å². The number of nitrogens with zero attached hydrogens (tertiary/aromatic N) is 4. The van der Waals surface area contributed by atoms with Crippen molar-refractivity contribution in [3.8, 4) is 28.3 Å². The van der Waals surface area contributed by atoms with Gasteiger partial charge in [-0.2, -0.15) is 0 Å². The lowest BCUT2D eigenvalue weighted by Crippen LogP contribution is -2.51. The number of H-pyrrole nitrogens is 1. The van der Waals surface area contributed by atoms with Crippen LogP contribution in [0, 0.1) is 12.8 Å². The molecule has 0 bridgehead atoms. The molecule has 0 spiro atoms. The molecule has 8 rings (SSSR count). The number of hydrogen-bond acceptors (Lipinski definition) is 7. The number of ether oxygens (including phenoxy) is 2. The summed E-state index contributed by atoms with van der Waals surface area (Å²) in [7, 11) is 1.30. The molecule has 3 atom stereocenters. The topological polar surface area (TPSA) is 114 Å². The molecule has 2 N–H and O–H groups in total. The van der Waals surface area contributed by atoms with Crippen LogP contribution < -0.4 is 10.1 Å². The molecule has 10 nitrogen and oxygen atoms in total. The fourth-order valence-corrected chi connectivity index (χ4v) is 8.74. The molecular weight excluding hydrogens is 660 g/mol. The van der Waals surface area contributed by atoms with Crippen molar-refractivity contribution in [3.63, 3.8) is 0 Å². The number of methoxy groups -OCH3 is 1. The van der Waals surface area contributed by atoms with Crippen molar-refractivity contribution in [2.24, 2.45) is 5.92 Å². The summed E-state index contributed by atoms with van der Waals surface area (Å²) in [6, 6.07) is 11.5. The Morgan fingerprint density at radius 2 is 1.94 bits per heavy atom. The van der Waals surface area contributed by atoms with Gasteiger partial charge in [-0.05, 0) is 80.5 Å². The van der Waals surface area contributed by atoms with E-state index in [0.29, 0.717) is 17.5 Å². The Balaban J connectivity index is 1.14. The Bertz CT molecular complexity index is 2080. The molecule has 1 saturated heterocycles. The maximum atomic E-state index is 13.7. The van der Waals surface area contributed by atoms with Gasteiger partial charge in [0.05, 0.1) is 46.1 Å². The van der Waals surface area contributed by atoms with Crippen LogP contribution in [0.1, 0.15) is 85.4 Å². The van der Waals surface area contributed by atoms with Crippen molar-refractivity contribution >= 4 is 45.8 Å². The van der Waals surface area contributed by atoms with E-state index in [4.69, 9.17) is 31.0 Å². The third kappa shape index (κ3) is 5.56. The lowest BCUT2D eigenvalue weighted by atomic mass is 9.86. The predicted molar refractivity (Wildman–Crippen MR) is 190 cm³/mol. The molecule has 2 amide bonds. The number of hydrogen-bond donors (Lipinski definition) is 2. The highest BCUT2D eigenvalue weighted by atomic mass is 35.5. The Labute approximate surface area is 293 Å². The summed E-state index contributed by atoms with van der Waals surface area (Å²) in [4.78, 5) is 41.7. The molecule has 2 fully saturated rings. The number of benzene rings is 2. The van der Waals surface area contributed by atoms with Crippen LogP contribution in [-0.2, 0) is 9.53 Å². The van der Waals surface area contributed by atoms with Crippen LogP contribution in [-0.4, -0.2) is 56.1 Å². The average Bonchev–Trinajstić information content (AvgIpc) is 3.87. The van der Waals surface area contributed by atoms with Gasteiger partial charge in [0.15, 0.2) is 0 Å². The molecule has 5 aromatic rings. The lowest BCUT2D eigenvalue weighted by Gasteiger charge is -2.30. The molecule has 3 aliphatic rings. The Morgan fingerprint density at radius 3 is 2.69 bits per heavy atom. The van der Waals surface area contributed by atoms with Gasteiger partial charge < -0.3 is 24.7 Å². The number of amides is 2. The summed E-state index contributed by atoms with van der Waals surface area (Å²) in [6.45, 7) is 6.53. The van der Waals surface area contributed by atoms with E-state index < -0.39 is 12.1 Å². The fourth-order valence-electron chi connectivity index (χ4n) is 7.45. The first-order valence-corrected chi connectivity index (χ1v) is 18.2. The highest BCUT2D eigenvalue weighted by molar-refractivity contribution is 7.11. The van der Waals surface area contributed by atoms with Crippen LogP contribution in [0.25, 0.3) is 33.4 Å². The van der Waals surface area contributed by atoms with E-state index in [2.05, 4.69) is 46.1 Å². The van der Waals surface area contributed by atoms with E-state index >= 15 is 0 Å². The summed E-state index contributed by atoms with van der Waals surface area (Å²) in [5.74, 6) is 1.82. The van der Waals surface area contributed by atoms with Gasteiger partial charge >= 0.3 is 6.09 Å². The third-order valence-electron chi connectivity index (χ3n) is 10.2. The van der Waals surface area contributed by atoms with Gasteiger partial charge in [0.2, 0.25) is 12.1 Å². The highest BCUT2D eigenvalue weighted by Gasteiger charge is 2.38. The van der Waals surface area contributed by atoms with Crippen LogP contribution in [0.4, 0.5) is 4.79 Å². The van der Waals surface area contributed by atoms with Gasteiger partial charge in [-0.1, -0.05) is 31.9 Å². The van der Waals surface area contributed by atoms with Gasteiger partial charge in [0.1, 0.15) is 17.6 Å². The maximum absolute atomic E-state index is 13.7. The van der Waals surface area contributed by atoms with E-state index in [1.165, 1.54) is 31.4 Å². The van der Waals surface area contributed by atoms with E-state index in [1.807, 2.05) is 43.3 Å². The molecule has 0 radical (unpaired) electrons. The summed E-state index contributed by atoms with van der Waals surface area (Å²) < 4.78 is 14.0. The normalized spacial score (nSPS) is 19.3. The van der Waals surface area contributed by atoms with Crippen LogP contribution in [0.5, 0.6) is 5.75 Å². The van der Waals surface area contributed by atoms with Crippen LogP contribution >= 0.6 is 22.9 Å². The lowest BCUT2D eigenvalue weighted by molar-refractivity contribution is -0.135. The zero-order valence-corrected chi connectivity index (χ0v) is 29.5. The largest absolute Gasteiger partial charge is 0.464 e. The Hall–Kier alpha value is -4.35. The number of rotatable bonds is 7. The zero-order valence-electron chi connectivity index (χ0n) is 28.0. The third-order valence-corrected chi connectivity index (χ3v) is 11.6. The number of aromatic nitrogens is 4. The number of nitrogens with one attached hydrogen (secondary N) is 2. The van der Waals surface area contributed by atoms with E-state index in [-0.39, 0.29) is 24.1 Å². The molecule has 1 saturated carbocycles. The van der Waals surface area contributed by atoms with Crippen molar-refractivity contribution in [1.29, 1.82) is 0 Å². The molecule has 2 aliphatic heterocycles. The molecule has 3 aromatic heterocycles. The summed E-state index contributed by atoms with van der Waals surface area (Å²) >= 11 is 8.19. The van der Waals surface area contributed by atoms with Crippen molar-refractivity contribution in [2.75, 3.05) is 13.7 Å². The molecule has 12 heteroatoms. The SMILES string of the molecule is COC(=O)N[C@H](C(=O)N1CCC[C@H]1c1ncc(-c2cc(C)c3c(c2)OC(c2cnc(C4CCC4)s2)n2c-3cc3cc(Cl)ccc32)[nH]1)C(C)C. The Kier molecular flexibility index (Phi) is 8.15. The first-order chi connectivity index (χ1) is 23.7. The highest BCUT2D eigenvalue weighted by Crippen LogP contribution is 2.49. The Morgan fingerprint density at radius 1 is 1.10 bits per heavy atom. The molecule has 1 unspecified atom stereocenters. The van der Waals surface area contributed by atoms with Crippen LogP contribution in [0.3, 0.4) is 0 Å². The van der Waals surface area contributed by atoms with Crippen LogP contribution in [0.2, 0.25) is 5.02 Å². The van der Waals surface area contributed by atoms with Gasteiger partial charge in [-0.15, -0.1) is 11.3 Å². The summed E-state index contributed by atoms with van der Waals surface area (Å²) in [6.07, 6.45) is 8.11. The monoisotopic (exact) mass is 698 g/mol. The number of imidazole rings is 1. The first kappa shape index (κ1) is 31.9. The number of aryl methyl sites for hydroxylation is 1. The minimum Gasteiger partial charge on any atom is -0.464 e. The van der Waals surface area contributed by atoms with E-state index in [0.717, 1.165) is 68.3 Å². The number of likely N-dealkylation sites (tertiary alicyclic amines) is 1. The van der Waals surface area contributed by atoms with Crippen molar-refractivity contribution in [1.82, 2.24) is 29.7 Å². The van der Waals surface area contributed by atoms with Crippen molar-refractivity contribution < 1.29 is 19.1 Å². The quantitative estimate of drug-likeness (QED) is 0.177. The summed E-state index contributed by atoms with van der Waals surface area (Å²) in [5.41, 5.74) is 6.05. The zero-order chi connectivity index (χ0) is 34.0. The first-order valence-electron chi connectivity index (χ1n) is 17.0. The fraction of sp³-hybridized carbons (Fsp3) is 0.405. The molecule has 1 aliphatic carbocycles. The number of aromatic amines is 1. The molecule has 254 valence electrons. The minimum absolute atomic E-state index is 0.104. The standard InChI is InChI=1S/C37H39ClN6O4S/c1-19(2)32(42-37(46)47-4)35(45)43-12-6-9-27(43)33-39-17-25(41-33)22-13-20(3)31-28-15-23-14-24(38)10-11-26(23)44(28)36(48-29(31)16-22)30-18-40-34(49-30)21-7-5-8-21/h10-11,13-19,21,27,32,36H,5-9,12H2,1-4H3,(H,39,41)(H,42,46)/t27-,32-,36?/m0/s1. The number of halogens is 1. The van der Waals surface area contributed by atoms with Crippen molar-refractivity contribution in [3.05, 3.63) is 75.1 Å². The van der Waals surface area contributed by atoms with E-state index in [9.17, 15) is 9.59 Å². The molecule has 5 heterocycles. The minimum atomic E-state index is -0.689. The number of carbonyl (C=O) groups excluding carboxylic acids is 2. The average molecular weight is 699 g/mol. The summed E-state index contributed by atoms with van der Waals surface area (Å²) in [5, 5.41) is 5.66. The second kappa shape index (κ2) is 12.5. The van der Waals surface area contributed by atoms with Crippen molar-refractivity contribution in [2.45, 2.75) is 77.1 Å². The van der Waals surface area contributed by atoms with Gasteiger partial charge in [-0.3, -0.25) is 9.36 Å². The number of thiazole rings is 1. The number of alkyl carbamates (subject to hydrolysis) is 1.